The summed E-state index contributed by atoms with van der Waals surface area (Å²) < 4.78 is 26.1. The molecule has 6 heteroatoms. The van der Waals surface area contributed by atoms with E-state index in [1.165, 1.54) is 19.9 Å². The van der Waals surface area contributed by atoms with Crippen molar-refractivity contribution in [1.82, 2.24) is 9.62 Å². The van der Waals surface area contributed by atoms with Crippen molar-refractivity contribution in [1.29, 1.82) is 0 Å². The normalized spacial score (nSPS) is 17.0. The number of amides is 1. The van der Waals surface area contributed by atoms with Gasteiger partial charge in [0.1, 0.15) is 0 Å². The molecule has 0 unspecified atom stereocenters. The molecule has 2 rings (SSSR count). The molecule has 0 spiro atoms. The molecule has 23 heavy (non-hydrogen) atoms. The van der Waals surface area contributed by atoms with Crippen molar-refractivity contribution in [2.24, 2.45) is 0 Å². The highest BCUT2D eigenvalue weighted by atomic mass is 32.2. The minimum absolute atomic E-state index is 0.146. The topological polar surface area (TPSA) is 66.5 Å². The van der Waals surface area contributed by atoms with Crippen molar-refractivity contribution in [3.63, 3.8) is 0 Å². The molecule has 128 valence electrons. The summed E-state index contributed by atoms with van der Waals surface area (Å²) in [5, 5.41) is 2.98. The number of aryl methyl sites for hydroxylation is 1. The highest BCUT2D eigenvalue weighted by molar-refractivity contribution is 7.89. The smallest absolute Gasteiger partial charge is 0.243 e. The van der Waals surface area contributed by atoms with E-state index in [1.54, 1.807) is 24.3 Å². The van der Waals surface area contributed by atoms with Gasteiger partial charge in [-0.15, -0.1) is 0 Å². The SMILES string of the molecule is Cc1ccc(S(=O)(=O)N(C)CC(=O)NC2CCCCCC2)cc1. The maximum atomic E-state index is 12.5. The van der Waals surface area contributed by atoms with Crippen LogP contribution in [0.4, 0.5) is 0 Å². The second-order valence-electron chi connectivity index (χ2n) is 6.33. The molecule has 1 aromatic rings. The standard InChI is InChI=1S/C17H26N2O3S/c1-14-9-11-16(12-10-14)23(21,22)19(2)13-17(20)18-15-7-5-3-4-6-8-15/h9-12,15H,3-8,13H2,1-2H3,(H,18,20). The van der Waals surface area contributed by atoms with Crippen LogP contribution in [0.25, 0.3) is 0 Å². The summed E-state index contributed by atoms with van der Waals surface area (Å²) in [7, 11) is -2.18. The monoisotopic (exact) mass is 338 g/mol. The fraction of sp³-hybridized carbons (Fsp3) is 0.588. The van der Waals surface area contributed by atoms with E-state index in [-0.39, 0.29) is 23.4 Å². The summed E-state index contributed by atoms with van der Waals surface area (Å²) in [5.74, 6) is -0.227. The van der Waals surface area contributed by atoms with Crippen LogP contribution in [0, 0.1) is 6.92 Å². The zero-order valence-electron chi connectivity index (χ0n) is 13.9. The van der Waals surface area contributed by atoms with E-state index in [9.17, 15) is 13.2 Å². The minimum atomic E-state index is -3.63. The van der Waals surface area contributed by atoms with Crippen molar-refractivity contribution in [3.05, 3.63) is 29.8 Å². The highest BCUT2D eigenvalue weighted by Gasteiger charge is 2.24. The summed E-state index contributed by atoms with van der Waals surface area (Å²) in [5.41, 5.74) is 0.998. The summed E-state index contributed by atoms with van der Waals surface area (Å²) in [4.78, 5) is 12.4. The number of benzene rings is 1. The first-order valence-electron chi connectivity index (χ1n) is 8.22. The Morgan fingerprint density at radius 2 is 1.70 bits per heavy atom. The predicted octanol–water partition coefficient (Wildman–Crippen LogP) is 2.45. The first-order chi connectivity index (χ1) is 10.9. The molecule has 1 amide bonds. The average Bonchev–Trinajstić information content (AvgIpc) is 2.76. The molecule has 5 nitrogen and oxygen atoms in total. The van der Waals surface area contributed by atoms with Gasteiger partial charge >= 0.3 is 0 Å². The van der Waals surface area contributed by atoms with Crippen molar-refractivity contribution in [3.8, 4) is 0 Å². The molecule has 0 bridgehead atoms. The largest absolute Gasteiger partial charge is 0.352 e. The van der Waals surface area contributed by atoms with Gasteiger partial charge in [-0.2, -0.15) is 4.31 Å². The predicted molar refractivity (Wildman–Crippen MR) is 90.6 cm³/mol. The molecule has 1 N–H and O–H groups in total. The summed E-state index contributed by atoms with van der Waals surface area (Å²) >= 11 is 0. The first kappa shape index (κ1) is 17.9. The lowest BCUT2D eigenvalue weighted by molar-refractivity contribution is -0.121. The third kappa shape index (κ3) is 5.04. The molecule has 0 radical (unpaired) electrons. The molecule has 1 saturated carbocycles. The van der Waals surface area contributed by atoms with E-state index in [0.29, 0.717) is 0 Å². The number of rotatable bonds is 5. The molecule has 0 heterocycles. The molecule has 1 aromatic carbocycles. The number of carbonyl (C=O) groups excluding carboxylic acids is 1. The Labute approximate surface area is 139 Å². The zero-order chi connectivity index (χ0) is 16.9. The van der Waals surface area contributed by atoms with Gasteiger partial charge in [0.15, 0.2) is 0 Å². The van der Waals surface area contributed by atoms with Gasteiger partial charge in [-0.05, 0) is 31.9 Å². The molecule has 0 atom stereocenters. The number of nitrogens with zero attached hydrogens (tertiary/aromatic N) is 1. The maximum Gasteiger partial charge on any atom is 0.243 e. The van der Waals surface area contributed by atoms with Crippen LogP contribution in [0.15, 0.2) is 29.2 Å². The lowest BCUT2D eigenvalue weighted by Gasteiger charge is -2.20. The number of likely N-dealkylation sites (N-methyl/N-ethyl adjacent to an activating group) is 1. The van der Waals surface area contributed by atoms with Gasteiger partial charge in [0.2, 0.25) is 15.9 Å². The Balaban J connectivity index is 1.95. The third-order valence-corrected chi connectivity index (χ3v) is 6.13. The van der Waals surface area contributed by atoms with Gasteiger partial charge in [0.05, 0.1) is 11.4 Å². The number of hydrogen-bond donors (Lipinski definition) is 1. The number of hydrogen-bond acceptors (Lipinski definition) is 3. The van der Waals surface area contributed by atoms with Crippen molar-refractivity contribution in [2.75, 3.05) is 13.6 Å². The van der Waals surface area contributed by atoms with Gasteiger partial charge in [-0.3, -0.25) is 4.79 Å². The van der Waals surface area contributed by atoms with Crippen LogP contribution in [0.5, 0.6) is 0 Å². The van der Waals surface area contributed by atoms with Crippen LogP contribution >= 0.6 is 0 Å². The first-order valence-corrected chi connectivity index (χ1v) is 9.66. The van der Waals surface area contributed by atoms with E-state index < -0.39 is 10.0 Å². The van der Waals surface area contributed by atoms with Crippen LogP contribution in [0.2, 0.25) is 0 Å². The van der Waals surface area contributed by atoms with Crippen molar-refractivity contribution in [2.45, 2.75) is 56.4 Å². The zero-order valence-corrected chi connectivity index (χ0v) is 14.7. The summed E-state index contributed by atoms with van der Waals surface area (Å²) in [6, 6.07) is 6.84. The van der Waals surface area contributed by atoms with E-state index in [1.807, 2.05) is 6.92 Å². The Bertz CT molecular complexity index is 618. The fourth-order valence-corrected chi connectivity index (χ4v) is 4.00. The van der Waals surface area contributed by atoms with Crippen LogP contribution in [-0.4, -0.2) is 38.3 Å². The van der Waals surface area contributed by atoms with E-state index in [4.69, 9.17) is 0 Å². The lowest BCUT2D eigenvalue weighted by atomic mass is 10.1. The van der Waals surface area contributed by atoms with Crippen LogP contribution in [0.3, 0.4) is 0 Å². The Morgan fingerprint density at radius 3 is 2.26 bits per heavy atom. The van der Waals surface area contributed by atoms with E-state index >= 15 is 0 Å². The second-order valence-corrected chi connectivity index (χ2v) is 8.38. The Morgan fingerprint density at radius 1 is 1.13 bits per heavy atom. The van der Waals surface area contributed by atoms with E-state index in [2.05, 4.69) is 5.32 Å². The molecule has 0 saturated heterocycles. The molecule has 0 aromatic heterocycles. The highest BCUT2D eigenvalue weighted by Crippen LogP contribution is 2.18. The van der Waals surface area contributed by atoms with E-state index in [0.717, 1.165) is 35.6 Å². The van der Waals surface area contributed by atoms with Gasteiger partial charge in [0.25, 0.3) is 0 Å². The average molecular weight is 338 g/mol. The van der Waals surface area contributed by atoms with Gasteiger partial charge < -0.3 is 5.32 Å². The molecule has 1 aliphatic carbocycles. The molecule has 1 fully saturated rings. The van der Waals surface area contributed by atoms with Crippen LogP contribution in [-0.2, 0) is 14.8 Å². The summed E-state index contributed by atoms with van der Waals surface area (Å²) in [6.45, 7) is 1.76. The second kappa shape index (κ2) is 7.93. The number of carbonyl (C=O) groups is 1. The van der Waals surface area contributed by atoms with Gasteiger partial charge in [-0.25, -0.2) is 8.42 Å². The van der Waals surface area contributed by atoms with Gasteiger partial charge in [-0.1, -0.05) is 43.4 Å². The van der Waals surface area contributed by atoms with Gasteiger partial charge in [0, 0.05) is 13.1 Å². The molecule has 1 aliphatic rings. The van der Waals surface area contributed by atoms with Crippen LogP contribution in [0.1, 0.15) is 44.1 Å². The summed E-state index contributed by atoms with van der Waals surface area (Å²) in [6.07, 6.45) is 6.66. The van der Waals surface area contributed by atoms with Crippen molar-refractivity contribution < 1.29 is 13.2 Å². The molecule has 0 aliphatic heterocycles. The maximum absolute atomic E-state index is 12.5. The Kier molecular flexibility index (Phi) is 6.18. The van der Waals surface area contributed by atoms with Crippen LogP contribution < -0.4 is 5.32 Å². The molecular formula is C17H26N2O3S. The lowest BCUT2D eigenvalue weighted by Crippen LogP contribution is -2.42. The quantitative estimate of drug-likeness (QED) is 0.839. The number of sulfonamides is 1. The van der Waals surface area contributed by atoms with Crippen molar-refractivity contribution >= 4 is 15.9 Å². The Hall–Kier alpha value is -1.40. The molecular weight excluding hydrogens is 312 g/mol. The third-order valence-electron chi connectivity index (χ3n) is 4.32. The minimum Gasteiger partial charge on any atom is -0.352 e. The fourth-order valence-electron chi connectivity index (χ4n) is 2.87. The number of nitrogens with one attached hydrogen (secondary N) is 1.